The van der Waals surface area contributed by atoms with Crippen molar-refractivity contribution in [3.63, 3.8) is 0 Å². The van der Waals surface area contributed by atoms with E-state index in [0.29, 0.717) is 6.54 Å². The zero-order valence-corrected chi connectivity index (χ0v) is 13.0. The van der Waals surface area contributed by atoms with Gasteiger partial charge in [-0.25, -0.2) is 0 Å². The molecule has 2 saturated carbocycles. The Kier molecular flexibility index (Phi) is 3.98. The van der Waals surface area contributed by atoms with Crippen molar-refractivity contribution in [2.24, 2.45) is 0 Å². The summed E-state index contributed by atoms with van der Waals surface area (Å²) in [7, 11) is 0. The fraction of sp³-hybridized carbons (Fsp3) is 0.588. The maximum atomic E-state index is 12.1. The Balaban J connectivity index is 1.56. The Morgan fingerprint density at radius 1 is 1.24 bits per heavy atom. The normalized spacial score (nSPS) is 22.0. The molecule has 1 aromatic carbocycles. The molecule has 2 aliphatic rings. The number of benzene rings is 1. The Labute approximate surface area is 130 Å². The van der Waals surface area contributed by atoms with Gasteiger partial charge < -0.3 is 10.4 Å². The third kappa shape index (κ3) is 3.41. The van der Waals surface area contributed by atoms with E-state index in [1.807, 2.05) is 18.2 Å². The molecule has 0 radical (unpaired) electrons. The summed E-state index contributed by atoms with van der Waals surface area (Å²) in [5.74, 6) is -0.0345. The number of nitrogens with one attached hydrogen (secondary N) is 1. The molecule has 1 aromatic rings. The van der Waals surface area contributed by atoms with Gasteiger partial charge in [0, 0.05) is 17.0 Å². The van der Waals surface area contributed by atoms with E-state index < -0.39 is 5.60 Å². The van der Waals surface area contributed by atoms with E-state index in [2.05, 4.69) is 11.4 Å². The van der Waals surface area contributed by atoms with Gasteiger partial charge in [-0.15, -0.1) is 0 Å². The van der Waals surface area contributed by atoms with Crippen molar-refractivity contribution >= 4 is 17.5 Å². The van der Waals surface area contributed by atoms with Gasteiger partial charge >= 0.3 is 0 Å². The van der Waals surface area contributed by atoms with Crippen LogP contribution in [-0.4, -0.2) is 23.2 Å². The minimum absolute atomic E-state index is 0.0345. The quantitative estimate of drug-likeness (QED) is 0.878. The zero-order valence-electron chi connectivity index (χ0n) is 12.2. The van der Waals surface area contributed by atoms with Crippen molar-refractivity contribution in [2.45, 2.75) is 56.0 Å². The van der Waals surface area contributed by atoms with Crippen molar-refractivity contribution in [1.29, 1.82) is 0 Å². The second kappa shape index (κ2) is 5.62. The first-order valence-electron chi connectivity index (χ1n) is 7.77. The first-order valence-corrected chi connectivity index (χ1v) is 8.14. The lowest BCUT2D eigenvalue weighted by molar-refractivity contribution is -0.126. The molecule has 3 nitrogen and oxygen atoms in total. The van der Waals surface area contributed by atoms with Crippen LogP contribution in [0.25, 0.3) is 0 Å². The highest BCUT2D eigenvalue weighted by molar-refractivity contribution is 6.30. The van der Waals surface area contributed by atoms with Crippen LogP contribution >= 0.6 is 11.6 Å². The summed E-state index contributed by atoms with van der Waals surface area (Å²) in [5, 5.41) is 14.0. The predicted molar refractivity (Wildman–Crippen MR) is 83.4 cm³/mol. The van der Waals surface area contributed by atoms with E-state index in [-0.39, 0.29) is 17.7 Å². The Morgan fingerprint density at radius 2 is 1.95 bits per heavy atom. The molecule has 0 bridgehead atoms. The molecule has 0 unspecified atom stereocenters. The molecule has 0 heterocycles. The molecule has 1 amide bonds. The largest absolute Gasteiger partial charge is 0.389 e. The number of aliphatic hydroxyl groups is 1. The molecule has 0 aromatic heterocycles. The second-order valence-corrected chi connectivity index (χ2v) is 7.11. The fourth-order valence-electron chi connectivity index (χ4n) is 3.38. The molecule has 2 N–H and O–H groups in total. The predicted octanol–water partition coefficient (Wildman–Crippen LogP) is 3.18. The monoisotopic (exact) mass is 307 g/mol. The first kappa shape index (κ1) is 14.9. The first-order chi connectivity index (χ1) is 10.0. The number of carbonyl (C=O) groups is 1. The second-order valence-electron chi connectivity index (χ2n) is 6.68. The molecule has 0 aliphatic heterocycles. The standard InChI is InChI=1S/C17H22ClNO2/c18-14-5-3-4-13(10-14)16(8-9-16)12-19-15(20)11-17(21)6-1-2-7-17/h3-5,10,21H,1-2,6-9,11-12H2,(H,19,20). The van der Waals surface area contributed by atoms with Crippen molar-refractivity contribution in [1.82, 2.24) is 5.32 Å². The lowest BCUT2D eigenvalue weighted by Gasteiger charge is -2.22. The molecule has 114 valence electrons. The van der Waals surface area contributed by atoms with Gasteiger partial charge in [-0.3, -0.25) is 4.79 Å². The summed E-state index contributed by atoms with van der Waals surface area (Å²) < 4.78 is 0. The van der Waals surface area contributed by atoms with E-state index in [0.717, 1.165) is 43.5 Å². The fourth-order valence-corrected chi connectivity index (χ4v) is 3.57. The van der Waals surface area contributed by atoms with Crippen LogP contribution in [0.2, 0.25) is 5.02 Å². The van der Waals surface area contributed by atoms with Crippen LogP contribution in [0.5, 0.6) is 0 Å². The Hall–Kier alpha value is -1.06. The van der Waals surface area contributed by atoms with Crippen LogP contribution in [-0.2, 0) is 10.2 Å². The number of halogens is 1. The van der Waals surface area contributed by atoms with Gasteiger partial charge in [0.2, 0.25) is 5.91 Å². The minimum atomic E-state index is -0.767. The maximum absolute atomic E-state index is 12.1. The van der Waals surface area contributed by atoms with Gasteiger partial charge in [-0.05, 0) is 43.4 Å². The zero-order chi connectivity index (χ0) is 14.9. The molecule has 2 fully saturated rings. The van der Waals surface area contributed by atoms with Gasteiger partial charge in [0.1, 0.15) is 0 Å². The molecule has 0 saturated heterocycles. The van der Waals surface area contributed by atoms with Crippen LogP contribution in [0.15, 0.2) is 24.3 Å². The maximum Gasteiger partial charge on any atom is 0.222 e. The molecule has 0 atom stereocenters. The van der Waals surface area contributed by atoms with Gasteiger partial charge in [0.05, 0.1) is 12.0 Å². The van der Waals surface area contributed by atoms with Crippen molar-refractivity contribution in [3.8, 4) is 0 Å². The van der Waals surface area contributed by atoms with Crippen LogP contribution in [0, 0.1) is 0 Å². The number of rotatable bonds is 5. The number of carbonyl (C=O) groups excluding carboxylic acids is 1. The van der Waals surface area contributed by atoms with Crippen LogP contribution in [0.3, 0.4) is 0 Å². The van der Waals surface area contributed by atoms with Gasteiger partial charge in [0.15, 0.2) is 0 Å². The molecule has 2 aliphatic carbocycles. The van der Waals surface area contributed by atoms with E-state index >= 15 is 0 Å². The molecular weight excluding hydrogens is 286 g/mol. The van der Waals surface area contributed by atoms with Gasteiger partial charge in [-0.1, -0.05) is 36.6 Å². The highest BCUT2D eigenvalue weighted by Gasteiger charge is 2.44. The SMILES string of the molecule is O=C(CC1(O)CCCC1)NCC1(c2cccc(Cl)c2)CC1. The molecule has 3 rings (SSSR count). The highest BCUT2D eigenvalue weighted by atomic mass is 35.5. The van der Waals surface area contributed by atoms with Gasteiger partial charge in [-0.2, -0.15) is 0 Å². The molecule has 0 spiro atoms. The van der Waals surface area contributed by atoms with Crippen LogP contribution < -0.4 is 5.32 Å². The summed E-state index contributed by atoms with van der Waals surface area (Å²) in [4.78, 5) is 12.1. The van der Waals surface area contributed by atoms with E-state index in [1.54, 1.807) is 0 Å². The highest BCUT2D eigenvalue weighted by Crippen LogP contribution is 2.48. The lowest BCUT2D eigenvalue weighted by atomic mass is 9.95. The Bertz CT molecular complexity index is 533. The number of amides is 1. The minimum Gasteiger partial charge on any atom is -0.389 e. The van der Waals surface area contributed by atoms with E-state index in [4.69, 9.17) is 11.6 Å². The summed E-state index contributed by atoms with van der Waals surface area (Å²) >= 11 is 6.05. The molecular formula is C17H22ClNO2. The van der Waals surface area contributed by atoms with Crippen molar-refractivity contribution < 1.29 is 9.90 Å². The van der Waals surface area contributed by atoms with Crippen molar-refractivity contribution in [2.75, 3.05) is 6.54 Å². The van der Waals surface area contributed by atoms with Crippen molar-refractivity contribution in [3.05, 3.63) is 34.9 Å². The topological polar surface area (TPSA) is 49.3 Å². The van der Waals surface area contributed by atoms with E-state index in [9.17, 15) is 9.90 Å². The smallest absolute Gasteiger partial charge is 0.222 e. The molecule has 4 heteroatoms. The lowest BCUT2D eigenvalue weighted by Crippen LogP contribution is -2.38. The Morgan fingerprint density at radius 3 is 2.57 bits per heavy atom. The average molecular weight is 308 g/mol. The summed E-state index contributed by atoms with van der Waals surface area (Å²) in [6, 6.07) is 7.90. The number of hydrogen-bond donors (Lipinski definition) is 2. The summed E-state index contributed by atoms with van der Waals surface area (Å²) in [5.41, 5.74) is 0.491. The summed E-state index contributed by atoms with van der Waals surface area (Å²) in [6.07, 6.45) is 5.95. The van der Waals surface area contributed by atoms with Gasteiger partial charge in [0.25, 0.3) is 0 Å². The van der Waals surface area contributed by atoms with Crippen LogP contribution in [0.1, 0.15) is 50.5 Å². The third-order valence-electron chi connectivity index (χ3n) is 4.94. The number of hydrogen-bond acceptors (Lipinski definition) is 2. The van der Waals surface area contributed by atoms with E-state index in [1.165, 1.54) is 5.56 Å². The van der Waals surface area contributed by atoms with Crippen LogP contribution in [0.4, 0.5) is 0 Å². The summed E-state index contributed by atoms with van der Waals surface area (Å²) in [6.45, 7) is 0.641. The average Bonchev–Trinajstić information content (AvgIpc) is 3.13. The molecule has 21 heavy (non-hydrogen) atoms. The third-order valence-corrected chi connectivity index (χ3v) is 5.17.